The standard InChI is InChI=1S/C15H31NO6/c1-12(2)22-11-13(17)10-20-7-6-19-8-9-21-14(18)16-15(3,4)5/h12-13,17H,6-11H2,1-5H3,(H,16,18). The average Bonchev–Trinajstić information content (AvgIpc) is 2.37. The maximum Gasteiger partial charge on any atom is 0.407 e. The van der Waals surface area contributed by atoms with Crippen molar-refractivity contribution in [2.45, 2.75) is 52.4 Å². The van der Waals surface area contributed by atoms with Gasteiger partial charge in [-0.25, -0.2) is 4.79 Å². The van der Waals surface area contributed by atoms with Crippen molar-refractivity contribution in [3.63, 3.8) is 0 Å². The molecule has 0 radical (unpaired) electrons. The third-order valence-electron chi connectivity index (χ3n) is 2.24. The Morgan fingerprint density at radius 2 is 1.64 bits per heavy atom. The Morgan fingerprint density at radius 1 is 1.05 bits per heavy atom. The van der Waals surface area contributed by atoms with Gasteiger partial charge in [0.25, 0.3) is 0 Å². The first-order valence-electron chi connectivity index (χ1n) is 7.61. The molecule has 0 rings (SSSR count). The van der Waals surface area contributed by atoms with Gasteiger partial charge in [0.15, 0.2) is 0 Å². The van der Waals surface area contributed by atoms with Crippen LogP contribution in [0.2, 0.25) is 0 Å². The van der Waals surface area contributed by atoms with E-state index in [2.05, 4.69) is 5.32 Å². The highest BCUT2D eigenvalue weighted by atomic mass is 16.6. The zero-order chi connectivity index (χ0) is 17.0. The molecule has 0 fully saturated rings. The fourth-order valence-electron chi connectivity index (χ4n) is 1.33. The van der Waals surface area contributed by atoms with Crippen LogP contribution in [0.1, 0.15) is 34.6 Å². The zero-order valence-electron chi connectivity index (χ0n) is 14.4. The summed E-state index contributed by atoms with van der Waals surface area (Å²) in [7, 11) is 0. The lowest BCUT2D eigenvalue weighted by molar-refractivity contribution is -0.0463. The maximum atomic E-state index is 11.3. The van der Waals surface area contributed by atoms with E-state index in [1.165, 1.54) is 0 Å². The number of ether oxygens (including phenoxy) is 4. The lowest BCUT2D eigenvalue weighted by Crippen LogP contribution is -2.41. The summed E-state index contributed by atoms with van der Waals surface area (Å²) in [6.07, 6.45) is -0.999. The summed E-state index contributed by atoms with van der Waals surface area (Å²) in [6.45, 7) is 11.2. The molecule has 1 atom stereocenters. The summed E-state index contributed by atoms with van der Waals surface area (Å²) >= 11 is 0. The maximum absolute atomic E-state index is 11.3. The molecule has 7 heteroatoms. The number of hydrogen-bond acceptors (Lipinski definition) is 6. The monoisotopic (exact) mass is 321 g/mol. The van der Waals surface area contributed by atoms with Gasteiger partial charge in [-0.05, 0) is 34.6 Å². The lowest BCUT2D eigenvalue weighted by atomic mass is 10.1. The molecule has 0 aliphatic carbocycles. The Balaban J connectivity index is 3.35. The van der Waals surface area contributed by atoms with Crippen LogP contribution in [0, 0.1) is 0 Å². The third kappa shape index (κ3) is 15.5. The number of nitrogens with one attached hydrogen (secondary N) is 1. The molecule has 0 aliphatic rings. The summed E-state index contributed by atoms with van der Waals surface area (Å²) in [6, 6.07) is 0. The van der Waals surface area contributed by atoms with Crippen LogP contribution in [0.5, 0.6) is 0 Å². The highest BCUT2D eigenvalue weighted by Crippen LogP contribution is 1.98. The van der Waals surface area contributed by atoms with Gasteiger partial charge in [0.2, 0.25) is 0 Å². The molecule has 0 bridgehead atoms. The van der Waals surface area contributed by atoms with Gasteiger partial charge >= 0.3 is 6.09 Å². The van der Waals surface area contributed by atoms with Gasteiger partial charge in [0.05, 0.1) is 39.1 Å². The number of hydrogen-bond donors (Lipinski definition) is 2. The molecule has 0 saturated heterocycles. The number of amides is 1. The number of aliphatic hydroxyl groups is 1. The van der Waals surface area contributed by atoms with E-state index in [1.54, 1.807) is 0 Å². The second-order valence-electron chi connectivity index (χ2n) is 6.23. The van der Waals surface area contributed by atoms with Crippen molar-refractivity contribution in [3.05, 3.63) is 0 Å². The molecule has 0 spiro atoms. The summed E-state index contributed by atoms with van der Waals surface area (Å²) < 4.78 is 20.7. The molecule has 0 aromatic carbocycles. The number of rotatable bonds is 11. The minimum atomic E-state index is -0.633. The van der Waals surface area contributed by atoms with E-state index in [4.69, 9.17) is 18.9 Å². The van der Waals surface area contributed by atoms with Gasteiger partial charge in [0, 0.05) is 5.54 Å². The van der Waals surface area contributed by atoms with E-state index in [-0.39, 0.29) is 31.5 Å². The van der Waals surface area contributed by atoms with Crippen molar-refractivity contribution in [3.8, 4) is 0 Å². The van der Waals surface area contributed by atoms with Crippen LogP contribution >= 0.6 is 0 Å². The highest BCUT2D eigenvalue weighted by molar-refractivity contribution is 5.67. The van der Waals surface area contributed by atoms with E-state index in [0.717, 1.165) is 0 Å². The molecule has 0 saturated carbocycles. The quantitative estimate of drug-likeness (QED) is 0.558. The zero-order valence-corrected chi connectivity index (χ0v) is 14.4. The molecule has 132 valence electrons. The minimum absolute atomic E-state index is 0.0912. The summed E-state index contributed by atoms with van der Waals surface area (Å²) in [5.74, 6) is 0. The molecule has 0 aromatic rings. The van der Waals surface area contributed by atoms with Crippen molar-refractivity contribution >= 4 is 6.09 Å². The minimum Gasteiger partial charge on any atom is -0.447 e. The Morgan fingerprint density at radius 3 is 2.23 bits per heavy atom. The molecular formula is C15H31NO6. The smallest absolute Gasteiger partial charge is 0.407 e. The van der Waals surface area contributed by atoms with Crippen molar-refractivity contribution in [1.29, 1.82) is 0 Å². The number of carbonyl (C=O) groups is 1. The van der Waals surface area contributed by atoms with Crippen molar-refractivity contribution in [2.24, 2.45) is 0 Å². The Hall–Kier alpha value is -0.890. The van der Waals surface area contributed by atoms with Crippen LogP contribution < -0.4 is 5.32 Å². The fourth-order valence-corrected chi connectivity index (χ4v) is 1.33. The molecule has 2 N–H and O–H groups in total. The Bertz CT molecular complexity index is 290. The largest absolute Gasteiger partial charge is 0.447 e. The summed E-state index contributed by atoms with van der Waals surface area (Å²) in [5.41, 5.74) is -0.314. The molecule has 0 aliphatic heterocycles. The first-order valence-corrected chi connectivity index (χ1v) is 7.61. The van der Waals surface area contributed by atoms with E-state index >= 15 is 0 Å². The molecular weight excluding hydrogens is 290 g/mol. The fraction of sp³-hybridized carbons (Fsp3) is 0.933. The van der Waals surface area contributed by atoms with Gasteiger partial charge in [-0.3, -0.25) is 0 Å². The first kappa shape index (κ1) is 21.1. The van der Waals surface area contributed by atoms with Crippen LogP contribution in [-0.4, -0.2) is 68.6 Å². The molecule has 1 unspecified atom stereocenters. The Kier molecular flexibility index (Phi) is 11.2. The van der Waals surface area contributed by atoms with Crippen LogP contribution in [-0.2, 0) is 18.9 Å². The predicted octanol–water partition coefficient (Wildman–Crippen LogP) is 1.33. The van der Waals surface area contributed by atoms with Gasteiger partial charge in [0.1, 0.15) is 12.7 Å². The van der Waals surface area contributed by atoms with Crippen LogP contribution in [0.25, 0.3) is 0 Å². The first-order chi connectivity index (χ1) is 10.2. The molecule has 1 amide bonds. The summed E-state index contributed by atoms with van der Waals surface area (Å²) in [5, 5.41) is 12.2. The van der Waals surface area contributed by atoms with Crippen molar-refractivity contribution < 1.29 is 28.8 Å². The lowest BCUT2D eigenvalue weighted by Gasteiger charge is -2.19. The van der Waals surface area contributed by atoms with Gasteiger partial charge in [-0.2, -0.15) is 0 Å². The van der Waals surface area contributed by atoms with Gasteiger partial charge in [-0.15, -0.1) is 0 Å². The van der Waals surface area contributed by atoms with Gasteiger partial charge < -0.3 is 29.4 Å². The van der Waals surface area contributed by atoms with Crippen LogP contribution in [0.15, 0.2) is 0 Å². The third-order valence-corrected chi connectivity index (χ3v) is 2.24. The topological polar surface area (TPSA) is 86.2 Å². The highest BCUT2D eigenvalue weighted by Gasteiger charge is 2.14. The molecule has 7 nitrogen and oxygen atoms in total. The number of alkyl carbamates (subject to hydrolysis) is 1. The van der Waals surface area contributed by atoms with E-state index < -0.39 is 12.2 Å². The van der Waals surface area contributed by atoms with Crippen molar-refractivity contribution in [1.82, 2.24) is 5.32 Å². The molecule has 22 heavy (non-hydrogen) atoms. The molecule has 0 aromatic heterocycles. The molecule has 0 heterocycles. The number of carbonyl (C=O) groups excluding carboxylic acids is 1. The SMILES string of the molecule is CC(C)OCC(O)COCCOCCOC(=O)NC(C)(C)C. The average molecular weight is 321 g/mol. The Labute approximate surface area is 133 Å². The number of aliphatic hydroxyl groups excluding tert-OH is 1. The second-order valence-corrected chi connectivity index (χ2v) is 6.23. The van der Waals surface area contributed by atoms with Crippen LogP contribution in [0.4, 0.5) is 4.79 Å². The van der Waals surface area contributed by atoms with E-state index in [1.807, 2.05) is 34.6 Å². The van der Waals surface area contributed by atoms with E-state index in [0.29, 0.717) is 19.8 Å². The van der Waals surface area contributed by atoms with Gasteiger partial charge in [-0.1, -0.05) is 0 Å². The second kappa shape index (κ2) is 11.6. The predicted molar refractivity (Wildman–Crippen MR) is 83.0 cm³/mol. The van der Waals surface area contributed by atoms with Crippen LogP contribution in [0.3, 0.4) is 0 Å². The summed E-state index contributed by atoms with van der Waals surface area (Å²) in [4.78, 5) is 11.3. The normalized spacial score (nSPS) is 13.2. The van der Waals surface area contributed by atoms with E-state index in [9.17, 15) is 9.90 Å². The van der Waals surface area contributed by atoms with Crippen molar-refractivity contribution in [2.75, 3.05) is 39.6 Å².